The number of halogens is 1. The molecule has 0 spiro atoms. The Morgan fingerprint density at radius 1 is 1.56 bits per heavy atom. The lowest BCUT2D eigenvalue weighted by atomic mass is 9.84. The molecular formula is C13H18INO3. The van der Waals surface area contributed by atoms with Crippen molar-refractivity contribution in [2.45, 2.75) is 26.3 Å². The molecule has 1 aromatic carbocycles. The van der Waals surface area contributed by atoms with Gasteiger partial charge in [-0.1, -0.05) is 0 Å². The van der Waals surface area contributed by atoms with E-state index in [1.54, 1.807) is 21.0 Å². The van der Waals surface area contributed by atoms with Gasteiger partial charge in [-0.25, -0.2) is 0 Å². The molecule has 0 aliphatic rings. The molecule has 0 aromatic heterocycles. The number of aliphatic carboxylic acids is 1. The Labute approximate surface area is 121 Å². The number of hydrogen-bond donors (Lipinski definition) is 2. The van der Waals surface area contributed by atoms with E-state index in [1.807, 2.05) is 18.2 Å². The summed E-state index contributed by atoms with van der Waals surface area (Å²) >= 11 is 2.19. The first-order valence-corrected chi connectivity index (χ1v) is 6.68. The number of ether oxygens (including phenoxy) is 1. The average molecular weight is 363 g/mol. The number of methoxy groups -OCH3 is 1. The molecule has 1 atom stereocenters. The van der Waals surface area contributed by atoms with Crippen molar-refractivity contribution in [1.82, 2.24) is 0 Å². The zero-order valence-corrected chi connectivity index (χ0v) is 12.9. The molecule has 0 bridgehead atoms. The summed E-state index contributed by atoms with van der Waals surface area (Å²) in [5.41, 5.74) is 6.11. The minimum Gasteiger partial charge on any atom is -0.496 e. The van der Waals surface area contributed by atoms with E-state index in [2.05, 4.69) is 22.6 Å². The number of benzene rings is 1. The van der Waals surface area contributed by atoms with Gasteiger partial charge in [0.25, 0.3) is 0 Å². The Morgan fingerprint density at radius 3 is 2.67 bits per heavy atom. The highest BCUT2D eigenvalue weighted by Crippen LogP contribution is 2.33. The third-order valence-corrected chi connectivity index (χ3v) is 3.57. The van der Waals surface area contributed by atoms with Gasteiger partial charge in [-0.2, -0.15) is 0 Å². The number of rotatable bonds is 5. The molecule has 0 amide bonds. The Kier molecular flexibility index (Phi) is 4.98. The lowest BCUT2D eigenvalue weighted by molar-refractivity contribution is -0.147. The zero-order valence-electron chi connectivity index (χ0n) is 10.7. The normalized spacial score (nSPS) is 13.2. The molecule has 0 saturated heterocycles. The molecule has 3 N–H and O–H groups in total. The molecule has 100 valence electrons. The summed E-state index contributed by atoms with van der Waals surface area (Å²) in [6, 6.07) is 5.35. The van der Waals surface area contributed by atoms with E-state index >= 15 is 0 Å². The van der Waals surface area contributed by atoms with Crippen LogP contribution in [0.25, 0.3) is 0 Å². The first-order chi connectivity index (χ1) is 8.27. The standard InChI is InChI=1S/C13H18INO3/c1-13(2,12(16)17)7-10(15)9-6-8(14)4-5-11(9)18-3/h4-6,10H,7,15H2,1-3H3,(H,16,17). The molecule has 0 heterocycles. The lowest BCUT2D eigenvalue weighted by Crippen LogP contribution is -2.29. The molecule has 4 nitrogen and oxygen atoms in total. The molecule has 1 rings (SSSR count). The number of nitrogens with two attached hydrogens (primary N) is 1. The van der Waals surface area contributed by atoms with Gasteiger partial charge in [0.05, 0.1) is 12.5 Å². The van der Waals surface area contributed by atoms with Crippen LogP contribution < -0.4 is 10.5 Å². The van der Waals surface area contributed by atoms with Crippen molar-refractivity contribution >= 4 is 28.6 Å². The van der Waals surface area contributed by atoms with Crippen molar-refractivity contribution in [3.05, 3.63) is 27.3 Å². The van der Waals surface area contributed by atoms with Crippen LogP contribution in [0.2, 0.25) is 0 Å². The Balaban J connectivity index is 3.00. The fourth-order valence-electron chi connectivity index (χ4n) is 1.74. The van der Waals surface area contributed by atoms with Crippen molar-refractivity contribution in [3.63, 3.8) is 0 Å². The molecule has 0 fully saturated rings. The maximum absolute atomic E-state index is 11.1. The summed E-state index contributed by atoms with van der Waals surface area (Å²) in [5, 5.41) is 9.13. The average Bonchev–Trinajstić information content (AvgIpc) is 2.28. The topological polar surface area (TPSA) is 72.5 Å². The van der Waals surface area contributed by atoms with Crippen LogP contribution in [0, 0.1) is 8.99 Å². The van der Waals surface area contributed by atoms with E-state index in [4.69, 9.17) is 15.6 Å². The predicted octanol–water partition coefficient (Wildman–Crippen LogP) is 2.80. The van der Waals surface area contributed by atoms with E-state index in [0.717, 1.165) is 9.13 Å². The Morgan fingerprint density at radius 2 is 2.17 bits per heavy atom. The molecule has 18 heavy (non-hydrogen) atoms. The summed E-state index contributed by atoms with van der Waals surface area (Å²) in [7, 11) is 1.58. The second-order valence-electron chi connectivity index (χ2n) is 4.89. The molecule has 0 saturated carbocycles. The van der Waals surface area contributed by atoms with Crippen molar-refractivity contribution in [2.75, 3.05) is 7.11 Å². The highest BCUT2D eigenvalue weighted by molar-refractivity contribution is 14.1. The number of carboxylic acid groups (broad SMARTS) is 1. The fourth-order valence-corrected chi connectivity index (χ4v) is 2.26. The van der Waals surface area contributed by atoms with Crippen molar-refractivity contribution < 1.29 is 14.6 Å². The SMILES string of the molecule is COc1ccc(I)cc1C(N)CC(C)(C)C(=O)O. The van der Waals surface area contributed by atoms with E-state index < -0.39 is 11.4 Å². The van der Waals surface area contributed by atoms with Crippen LogP contribution in [-0.4, -0.2) is 18.2 Å². The van der Waals surface area contributed by atoms with Gasteiger partial charge >= 0.3 is 5.97 Å². The smallest absolute Gasteiger partial charge is 0.309 e. The van der Waals surface area contributed by atoms with E-state index in [1.165, 1.54) is 0 Å². The summed E-state index contributed by atoms with van der Waals surface area (Å²) in [5.74, 6) is -0.147. The van der Waals surface area contributed by atoms with Crippen molar-refractivity contribution in [2.24, 2.45) is 11.1 Å². The van der Waals surface area contributed by atoms with Crippen LogP contribution in [-0.2, 0) is 4.79 Å². The second-order valence-corrected chi connectivity index (χ2v) is 6.13. The molecule has 0 radical (unpaired) electrons. The quantitative estimate of drug-likeness (QED) is 0.790. The highest BCUT2D eigenvalue weighted by atomic mass is 127. The van der Waals surface area contributed by atoms with Crippen LogP contribution >= 0.6 is 22.6 Å². The number of carboxylic acids is 1. The van der Waals surface area contributed by atoms with Gasteiger partial charge in [0.1, 0.15) is 5.75 Å². The maximum Gasteiger partial charge on any atom is 0.309 e. The zero-order chi connectivity index (χ0) is 13.9. The van der Waals surface area contributed by atoms with E-state index in [9.17, 15) is 4.79 Å². The van der Waals surface area contributed by atoms with Crippen molar-refractivity contribution in [1.29, 1.82) is 0 Å². The minimum absolute atomic E-state index is 0.360. The lowest BCUT2D eigenvalue weighted by Gasteiger charge is -2.24. The second kappa shape index (κ2) is 5.88. The van der Waals surface area contributed by atoms with Gasteiger partial charge in [0.15, 0.2) is 0 Å². The minimum atomic E-state index is -0.855. The van der Waals surface area contributed by atoms with Crippen molar-refractivity contribution in [3.8, 4) is 5.75 Å². The summed E-state index contributed by atoms with van der Waals surface area (Å²) in [6.45, 7) is 3.35. The molecule has 1 unspecified atom stereocenters. The molecule has 0 aliphatic carbocycles. The third-order valence-electron chi connectivity index (χ3n) is 2.90. The fraction of sp³-hybridized carbons (Fsp3) is 0.462. The van der Waals surface area contributed by atoms with Gasteiger partial charge in [-0.05, 0) is 61.1 Å². The summed E-state index contributed by atoms with van der Waals surface area (Å²) in [4.78, 5) is 11.1. The van der Waals surface area contributed by atoms with Gasteiger partial charge in [0, 0.05) is 15.2 Å². The molecule has 0 aliphatic heterocycles. The summed E-state index contributed by atoms with van der Waals surface area (Å²) in [6.07, 6.45) is 0.360. The van der Waals surface area contributed by atoms with E-state index in [0.29, 0.717) is 12.2 Å². The van der Waals surface area contributed by atoms with Gasteiger partial charge < -0.3 is 15.6 Å². The first-order valence-electron chi connectivity index (χ1n) is 5.60. The monoisotopic (exact) mass is 363 g/mol. The molecule has 5 heteroatoms. The molecular weight excluding hydrogens is 345 g/mol. The van der Waals surface area contributed by atoms with Crippen LogP contribution in [0.4, 0.5) is 0 Å². The van der Waals surface area contributed by atoms with Gasteiger partial charge in [-0.3, -0.25) is 4.79 Å². The van der Waals surface area contributed by atoms with Crippen LogP contribution in [0.3, 0.4) is 0 Å². The third kappa shape index (κ3) is 3.58. The Hall–Kier alpha value is -0.820. The van der Waals surface area contributed by atoms with E-state index in [-0.39, 0.29) is 6.04 Å². The summed E-state index contributed by atoms with van der Waals surface area (Å²) < 4.78 is 6.31. The Bertz CT molecular complexity index is 446. The number of hydrogen-bond acceptors (Lipinski definition) is 3. The highest BCUT2D eigenvalue weighted by Gasteiger charge is 2.30. The van der Waals surface area contributed by atoms with Crippen LogP contribution in [0.5, 0.6) is 5.75 Å². The largest absolute Gasteiger partial charge is 0.496 e. The maximum atomic E-state index is 11.1. The molecule has 1 aromatic rings. The number of carbonyl (C=O) groups is 1. The van der Waals surface area contributed by atoms with Gasteiger partial charge in [-0.15, -0.1) is 0 Å². The van der Waals surface area contributed by atoms with Crippen LogP contribution in [0.1, 0.15) is 31.9 Å². The first kappa shape index (κ1) is 15.2. The predicted molar refractivity (Wildman–Crippen MR) is 78.7 cm³/mol. The van der Waals surface area contributed by atoms with Crippen LogP contribution in [0.15, 0.2) is 18.2 Å². The van der Waals surface area contributed by atoms with Gasteiger partial charge in [0.2, 0.25) is 0 Å².